The van der Waals surface area contributed by atoms with E-state index in [9.17, 15) is 8.42 Å². The summed E-state index contributed by atoms with van der Waals surface area (Å²) < 4.78 is 26.7. The van der Waals surface area contributed by atoms with Gasteiger partial charge in [0.2, 0.25) is 0 Å². The third kappa shape index (κ3) is 2.80. The fraction of sp³-hybridized carbons (Fsp3) is 0.0833. The summed E-state index contributed by atoms with van der Waals surface area (Å²) in [6.07, 6.45) is 1.37. The molecular formula is C12H11ClN2O2S. The van der Waals surface area contributed by atoms with E-state index in [1.807, 2.05) is 0 Å². The van der Waals surface area contributed by atoms with Crippen LogP contribution in [0.1, 0.15) is 5.56 Å². The van der Waals surface area contributed by atoms with Gasteiger partial charge in [0.1, 0.15) is 5.15 Å². The number of halogens is 1. The van der Waals surface area contributed by atoms with Crippen LogP contribution in [0.3, 0.4) is 0 Å². The van der Waals surface area contributed by atoms with Gasteiger partial charge in [-0.15, -0.1) is 0 Å². The molecule has 18 heavy (non-hydrogen) atoms. The Morgan fingerprint density at radius 3 is 2.50 bits per heavy atom. The summed E-state index contributed by atoms with van der Waals surface area (Å²) in [6, 6.07) is 9.86. The largest absolute Gasteiger partial charge is 0.278 e. The highest BCUT2D eigenvalue weighted by molar-refractivity contribution is 7.92. The molecule has 0 amide bonds. The molecule has 0 atom stereocenters. The second-order valence-corrected chi connectivity index (χ2v) is 5.78. The summed E-state index contributed by atoms with van der Waals surface area (Å²) in [5, 5.41) is 0.314. The van der Waals surface area contributed by atoms with Crippen LogP contribution in [0.4, 0.5) is 5.69 Å². The van der Waals surface area contributed by atoms with Crippen LogP contribution in [0, 0.1) is 6.92 Å². The lowest BCUT2D eigenvalue weighted by Crippen LogP contribution is -2.14. The molecular weight excluding hydrogens is 272 g/mol. The highest BCUT2D eigenvalue weighted by atomic mass is 35.5. The number of sulfonamides is 1. The number of hydrogen-bond acceptors (Lipinski definition) is 3. The maximum Gasteiger partial charge on any atom is 0.262 e. The molecule has 0 fully saturated rings. The van der Waals surface area contributed by atoms with Crippen molar-refractivity contribution >= 4 is 27.3 Å². The first kappa shape index (κ1) is 12.9. The summed E-state index contributed by atoms with van der Waals surface area (Å²) in [5.74, 6) is 0. The van der Waals surface area contributed by atoms with Crippen molar-refractivity contribution in [1.82, 2.24) is 4.98 Å². The fourth-order valence-electron chi connectivity index (χ4n) is 1.50. The van der Waals surface area contributed by atoms with E-state index in [2.05, 4.69) is 9.71 Å². The highest BCUT2D eigenvalue weighted by Crippen LogP contribution is 2.19. The highest BCUT2D eigenvalue weighted by Gasteiger charge is 2.16. The van der Waals surface area contributed by atoms with Gasteiger partial charge in [0.05, 0.1) is 16.8 Å². The van der Waals surface area contributed by atoms with Gasteiger partial charge in [-0.25, -0.2) is 13.4 Å². The Morgan fingerprint density at radius 1 is 1.17 bits per heavy atom. The Morgan fingerprint density at radius 2 is 1.89 bits per heavy atom. The van der Waals surface area contributed by atoms with Crippen molar-refractivity contribution in [2.24, 2.45) is 0 Å². The van der Waals surface area contributed by atoms with Crippen molar-refractivity contribution in [3.8, 4) is 0 Å². The molecule has 1 heterocycles. The number of aromatic nitrogens is 1. The van der Waals surface area contributed by atoms with Crippen LogP contribution in [-0.4, -0.2) is 13.4 Å². The number of nitrogens with one attached hydrogen (secondary N) is 1. The Kier molecular flexibility index (Phi) is 3.54. The van der Waals surface area contributed by atoms with Gasteiger partial charge >= 0.3 is 0 Å². The lowest BCUT2D eigenvalue weighted by Gasteiger charge is -2.09. The van der Waals surface area contributed by atoms with Crippen molar-refractivity contribution in [2.45, 2.75) is 11.8 Å². The minimum atomic E-state index is -3.59. The van der Waals surface area contributed by atoms with Crippen molar-refractivity contribution in [2.75, 3.05) is 4.72 Å². The second kappa shape index (κ2) is 4.96. The third-order valence-corrected chi connectivity index (χ3v) is 4.13. The Bertz CT molecular complexity index is 654. The molecule has 2 aromatic rings. The molecule has 6 heteroatoms. The van der Waals surface area contributed by atoms with Gasteiger partial charge in [0.25, 0.3) is 10.0 Å². The molecule has 94 valence electrons. The molecule has 0 radical (unpaired) electrons. The minimum Gasteiger partial charge on any atom is -0.278 e. The number of aryl methyl sites for hydroxylation is 1. The van der Waals surface area contributed by atoms with E-state index in [1.54, 1.807) is 37.3 Å². The SMILES string of the molecule is Cc1ccccc1S(=O)(=O)Nc1ccc(Cl)nc1. The normalized spacial score (nSPS) is 11.2. The number of anilines is 1. The van der Waals surface area contributed by atoms with Crippen LogP contribution >= 0.6 is 11.6 Å². The zero-order chi connectivity index (χ0) is 13.2. The Hall–Kier alpha value is -1.59. The molecule has 1 aromatic carbocycles. The molecule has 0 bridgehead atoms. The lowest BCUT2D eigenvalue weighted by molar-refractivity contribution is 0.600. The zero-order valence-electron chi connectivity index (χ0n) is 9.59. The monoisotopic (exact) mass is 282 g/mol. The van der Waals surface area contributed by atoms with Crippen LogP contribution in [-0.2, 0) is 10.0 Å². The predicted molar refractivity (Wildman–Crippen MR) is 71.2 cm³/mol. The summed E-state index contributed by atoms with van der Waals surface area (Å²) in [5.41, 5.74) is 1.06. The van der Waals surface area contributed by atoms with Gasteiger partial charge in [-0.2, -0.15) is 0 Å². The lowest BCUT2D eigenvalue weighted by atomic mass is 10.2. The van der Waals surface area contributed by atoms with E-state index in [0.29, 0.717) is 16.4 Å². The predicted octanol–water partition coefficient (Wildman–Crippen LogP) is 2.84. The van der Waals surface area contributed by atoms with Crippen molar-refractivity contribution < 1.29 is 8.42 Å². The van der Waals surface area contributed by atoms with Gasteiger partial charge in [-0.3, -0.25) is 4.72 Å². The quantitative estimate of drug-likeness (QED) is 0.881. The molecule has 0 unspecified atom stereocenters. The average molecular weight is 283 g/mol. The Balaban J connectivity index is 2.33. The van der Waals surface area contributed by atoms with Gasteiger partial charge < -0.3 is 0 Å². The van der Waals surface area contributed by atoms with E-state index >= 15 is 0 Å². The van der Waals surface area contributed by atoms with Gasteiger partial charge in [-0.1, -0.05) is 29.8 Å². The molecule has 0 saturated carbocycles. The maximum absolute atomic E-state index is 12.1. The van der Waals surface area contributed by atoms with Crippen molar-refractivity contribution in [1.29, 1.82) is 0 Å². The van der Waals surface area contributed by atoms with Crippen LogP contribution in [0.5, 0.6) is 0 Å². The maximum atomic E-state index is 12.1. The molecule has 2 rings (SSSR count). The number of benzene rings is 1. The van der Waals surface area contributed by atoms with Crippen molar-refractivity contribution in [3.05, 3.63) is 53.3 Å². The topological polar surface area (TPSA) is 59.1 Å². The molecule has 0 saturated heterocycles. The molecule has 0 spiro atoms. The second-order valence-electron chi connectivity index (χ2n) is 3.74. The van der Waals surface area contributed by atoms with E-state index < -0.39 is 10.0 Å². The van der Waals surface area contributed by atoms with Crippen LogP contribution < -0.4 is 4.72 Å². The van der Waals surface area contributed by atoms with Crippen LogP contribution in [0.25, 0.3) is 0 Å². The first-order valence-corrected chi connectivity index (χ1v) is 7.05. The van der Waals surface area contributed by atoms with Crippen LogP contribution in [0.15, 0.2) is 47.5 Å². The minimum absolute atomic E-state index is 0.250. The molecule has 1 aromatic heterocycles. The summed E-state index contributed by atoms with van der Waals surface area (Å²) >= 11 is 5.64. The van der Waals surface area contributed by atoms with E-state index in [0.717, 1.165) is 0 Å². The molecule has 0 aliphatic carbocycles. The molecule has 4 nitrogen and oxygen atoms in total. The third-order valence-electron chi connectivity index (χ3n) is 2.36. The molecule has 0 aliphatic heterocycles. The van der Waals surface area contributed by atoms with E-state index in [1.165, 1.54) is 12.3 Å². The molecule has 0 aliphatic rings. The van der Waals surface area contributed by atoms with E-state index in [4.69, 9.17) is 11.6 Å². The molecule has 1 N–H and O–H groups in total. The van der Waals surface area contributed by atoms with E-state index in [-0.39, 0.29) is 4.90 Å². The standard InChI is InChI=1S/C12H11ClN2O2S/c1-9-4-2-3-5-11(9)18(16,17)15-10-6-7-12(13)14-8-10/h2-8,15H,1H3. The van der Waals surface area contributed by atoms with Crippen LogP contribution in [0.2, 0.25) is 5.15 Å². The number of rotatable bonds is 3. The first-order chi connectivity index (χ1) is 8.49. The zero-order valence-corrected chi connectivity index (χ0v) is 11.2. The average Bonchev–Trinajstić information content (AvgIpc) is 2.32. The number of nitrogens with zero attached hydrogens (tertiary/aromatic N) is 1. The fourth-order valence-corrected chi connectivity index (χ4v) is 2.91. The number of pyridine rings is 1. The first-order valence-electron chi connectivity index (χ1n) is 5.19. The summed E-state index contributed by atoms with van der Waals surface area (Å²) in [6.45, 7) is 1.74. The van der Waals surface area contributed by atoms with Crippen molar-refractivity contribution in [3.63, 3.8) is 0 Å². The summed E-state index contributed by atoms with van der Waals surface area (Å²) in [7, 11) is -3.59. The smallest absolute Gasteiger partial charge is 0.262 e. The van der Waals surface area contributed by atoms with Gasteiger partial charge in [0.15, 0.2) is 0 Å². The summed E-state index contributed by atoms with van der Waals surface area (Å²) in [4.78, 5) is 4.07. The number of hydrogen-bond donors (Lipinski definition) is 1. The van der Waals surface area contributed by atoms with Gasteiger partial charge in [-0.05, 0) is 30.7 Å². The van der Waals surface area contributed by atoms with Gasteiger partial charge in [0, 0.05) is 0 Å². The Labute approximate surface area is 111 Å².